The zero-order chi connectivity index (χ0) is 22.4. The molecule has 4 N–H and O–H groups in total. The number of hydrogen-bond donors (Lipinski definition) is 4. The van der Waals surface area contributed by atoms with Gasteiger partial charge < -0.3 is 25.8 Å². The Kier molecular flexibility index (Phi) is 7.65. The summed E-state index contributed by atoms with van der Waals surface area (Å²) >= 11 is 0. The Hall–Kier alpha value is -2.90. The van der Waals surface area contributed by atoms with Gasteiger partial charge in [-0.2, -0.15) is 0 Å². The number of rotatable bonds is 8. The number of carbonyl (C=O) groups is 2. The van der Waals surface area contributed by atoms with Crippen molar-refractivity contribution in [3.63, 3.8) is 0 Å². The molecule has 0 aromatic heterocycles. The number of ether oxygens (including phenoxy) is 1. The normalized spacial score (nSPS) is 19.1. The molecule has 2 aromatic rings. The van der Waals surface area contributed by atoms with Crippen LogP contribution >= 0.6 is 0 Å². The maximum Gasteiger partial charge on any atom is 0.254 e. The van der Waals surface area contributed by atoms with Crippen LogP contribution in [0.4, 0.5) is 11.4 Å². The van der Waals surface area contributed by atoms with Gasteiger partial charge >= 0.3 is 0 Å². The van der Waals surface area contributed by atoms with Gasteiger partial charge in [0.25, 0.3) is 5.91 Å². The van der Waals surface area contributed by atoms with Crippen molar-refractivity contribution in [1.29, 1.82) is 0 Å². The molecule has 1 fully saturated rings. The Morgan fingerprint density at radius 3 is 2.48 bits per heavy atom. The minimum Gasteiger partial charge on any atom is -0.366 e. The molecular formula is C24H31N3O4. The van der Waals surface area contributed by atoms with Crippen molar-refractivity contribution >= 4 is 23.2 Å². The summed E-state index contributed by atoms with van der Waals surface area (Å²) in [5.41, 5.74) is 3.13. The summed E-state index contributed by atoms with van der Waals surface area (Å²) < 4.78 is 5.10. The Morgan fingerprint density at radius 1 is 1.13 bits per heavy atom. The molecule has 0 bridgehead atoms. The highest BCUT2D eigenvalue weighted by Gasteiger charge is 2.31. The number of carbonyl (C=O) groups excluding carboxylic acids is 2. The van der Waals surface area contributed by atoms with E-state index in [1.165, 1.54) is 0 Å². The second-order valence-electron chi connectivity index (χ2n) is 8.36. The van der Waals surface area contributed by atoms with E-state index in [9.17, 15) is 14.7 Å². The molecule has 1 aliphatic heterocycles. The van der Waals surface area contributed by atoms with Gasteiger partial charge in [0.15, 0.2) is 6.29 Å². The predicted molar refractivity (Wildman–Crippen MR) is 120 cm³/mol. The van der Waals surface area contributed by atoms with Crippen molar-refractivity contribution in [3.05, 3.63) is 59.7 Å². The maximum absolute atomic E-state index is 13.1. The fraction of sp³-hybridized carbons (Fsp3) is 0.417. The van der Waals surface area contributed by atoms with Crippen LogP contribution in [0.25, 0.3) is 0 Å². The highest BCUT2D eigenvalue weighted by atomic mass is 16.6. The third-order valence-electron chi connectivity index (χ3n) is 5.22. The van der Waals surface area contributed by atoms with Crippen molar-refractivity contribution in [2.45, 2.75) is 52.0 Å². The van der Waals surface area contributed by atoms with Gasteiger partial charge in [-0.3, -0.25) is 9.59 Å². The highest BCUT2D eigenvalue weighted by molar-refractivity contribution is 6.02. The van der Waals surface area contributed by atoms with E-state index in [1.807, 2.05) is 57.2 Å². The van der Waals surface area contributed by atoms with Crippen LogP contribution in [0.2, 0.25) is 0 Å². The molecule has 1 heterocycles. The molecule has 166 valence electrons. The van der Waals surface area contributed by atoms with Gasteiger partial charge in [-0.15, -0.1) is 0 Å². The average molecular weight is 426 g/mol. The van der Waals surface area contributed by atoms with E-state index in [0.717, 1.165) is 11.3 Å². The SMILES string of the molecule is Cc1ccc(Nc2ccccc2C(=O)NC(CC(C)C)C(=O)N[C@H]2CCO[C@@H]2O)cc1. The van der Waals surface area contributed by atoms with Crippen molar-refractivity contribution < 1.29 is 19.4 Å². The van der Waals surface area contributed by atoms with E-state index in [0.29, 0.717) is 30.7 Å². The molecular weight excluding hydrogens is 394 g/mol. The second-order valence-corrected chi connectivity index (χ2v) is 8.36. The quantitative estimate of drug-likeness (QED) is 0.521. The monoisotopic (exact) mass is 425 g/mol. The third-order valence-corrected chi connectivity index (χ3v) is 5.22. The molecule has 0 aliphatic carbocycles. The minimum atomic E-state index is -1.02. The highest BCUT2D eigenvalue weighted by Crippen LogP contribution is 2.22. The average Bonchev–Trinajstić information content (AvgIpc) is 3.13. The lowest BCUT2D eigenvalue weighted by atomic mass is 10.0. The summed E-state index contributed by atoms with van der Waals surface area (Å²) in [7, 11) is 0. The van der Waals surface area contributed by atoms with E-state index in [-0.39, 0.29) is 17.7 Å². The summed E-state index contributed by atoms with van der Waals surface area (Å²) in [6.45, 7) is 6.40. The summed E-state index contributed by atoms with van der Waals surface area (Å²) in [6.07, 6.45) is 0.00618. The summed E-state index contributed by atoms with van der Waals surface area (Å²) in [5, 5.41) is 18.8. The summed E-state index contributed by atoms with van der Waals surface area (Å²) in [5.74, 6) is -0.457. The molecule has 7 heteroatoms. The molecule has 0 radical (unpaired) electrons. The van der Waals surface area contributed by atoms with Gasteiger partial charge in [-0.1, -0.05) is 43.7 Å². The number of aliphatic hydroxyl groups is 1. The number of nitrogens with one attached hydrogen (secondary N) is 3. The van der Waals surface area contributed by atoms with Crippen LogP contribution in [0, 0.1) is 12.8 Å². The van der Waals surface area contributed by atoms with Gasteiger partial charge in [0.2, 0.25) is 5.91 Å². The minimum absolute atomic E-state index is 0.196. The van der Waals surface area contributed by atoms with Crippen LogP contribution in [0.5, 0.6) is 0 Å². The topological polar surface area (TPSA) is 99.7 Å². The van der Waals surface area contributed by atoms with Gasteiger partial charge in [0.05, 0.1) is 23.9 Å². The molecule has 7 nitrogen and oxygen atoms in total. The Morgan fingerprint density at radius 2 is 1.84 bits per heavy atom. The largest absolute Gasteiger partial charge is 0.366 e. The molecule has 2 aromatic carbocycles. The molecule has 1 unspecified atom stereocenters. The third kappa shape index (κ3) is 6.29. The van der Waals surface area contributed by atoms with Crippen molar-refractivity contribution in [2.75, 3.05) is 11.9 Å². The zero-order valence-electron chi connectivity index (χ0n) is 18.2. The van der Waals surface area contributed by atoms with Crippen LogP contribution in [-0.2, 0) is 9.53 Å². The van der Waals surface area contributed by atoms with Gasteiger partial charge in [-0.05, 0) is 49.9 Å². The molecule has 2 amide bonds. The molecule has 3 atom stereocenters. The fourth-order valence-electron chi connectivity index (χ4n) is 3.52. The number of hydrogen-bond acceptors (Lipinski definition) is 5. The predicted octanol–water partition coefficient (Wildman–Crippen LogP) is 3.11. The molecule has 0 spiro atoms. The maximum atomic E-state index is 13.1. The Bertz CT molecular complexity index is 898. The molecule has 0 saturated carbocycles. The standard InChI is InChI=1S/C24H31N3O4/c1-15(2)14-21(23(29)26-20-12-13-31-24(20)30)27-22(28)18-6-4-5-7-19(18)25-17-10-8-16(3)9-11-17/h4-11,15,20-21,24-25,30H,12-14H2,1-3H3,(H,26,29)(H,27,28)/t20-,21?,24-/m0/s1. The van der Waals surface area contributed by atoms with Crippen LogP contribution in [0.3, 0.4) is 0 Å². The number of aryl methyl sites for hydroxylation is 1. The first kappa shape index (κ1) is 22.8. The number of anilines is 2. The second kappa shape index (κ2) is 10.4. The van der Waals surface area contributed by atoms with Gasteiger partial charge in [0.1, 0.15) is 6.04 Å². The van der Waals surface area contributed by atoms with Crippen molar-refractivity contribution in [1.82, 2.24) is 10.6 Å². The van der Waals surface area contributed by atoms with E-state index in [4.69, 9.17) is 4.74 Å². The number of amides is 2. The first-order valence-corrected chi connectivity index (χ1v) is 10.7. The molecule has 1 aliphatic rings. The van der Waals surface area contributed by atoms with Crippen molar-refractivity contribution in [3.8, 4) is 0 Å². The number of benzene rings is 2. The lowest BCUT2D eigenvalue weighted by Gasteiger charge is -2.23. The van der Waals surface area contributed by atoms with E-state index < -0.39 is 18.4 Å². The molecule has 3 rings (SSSR count). The van der Waals surface area contributed by atoms with Crippen molar-refractivity contribution in [2.24, 2.45) is 5.92 Å². The fourth-order valence-corrected chi connectivity index (χ4v) is 3.52. The summed E-state index contributed by atoms with van der Waals surface area (Å²) in [6, 6.07) is 13.9. The van der Waals surface area contributed by atoms with Crippen LogP contribution in [0.1, 0.15) is 42.6 Å². The number of para-hydroxylation sites is 1. The lowest BCUT2D eigenvalue weighted by molar-refractivity contribution is -0.127. The number of aliphatic hydroxyl groups excluding tert-OH is 1. The zero-order valence-corrected chi connectivity index (χ0v) is 18.2. The lowest BCUT2D eigenvalue weighted by Crippen LogP contribution is -2.51. The van der Waals surface area contributed by atoms with Gasteiger partial charge in [0, 0.05) is 5.69 Å². The van der Waals surface area contributed by atoms with Crippen LogP contribution < -0.4 is 16.0 Å². The summed E-state index contributed by atoms with van der Waals surface area (Å²) in [4.78, 5) is 25.9. The smallest absolute Gasteiger partial charge is 0.254 e. The molecule has 31 heavy (non-hydrogen) atoms. The Balaban J connectivity index is 1.73. The van der Waals surface area contributed by atoms with E-state index in [2.05, 4.69) is 16.0 Å². The van der Waals surface area contributed by atoms with Gasteiger partial charge in [-0.25, -0.2) is 0 Å². The Labute approximate surface area is 183 Å². The first-order valence-electron chi connectivity index (χ1n) is 10.7. The van der Waals surface area contributed by atoms with Crippen LogP contribution in [0.15, 0.2) is 48.5 Å². The molecule has 1 saturated heterocycles. The first-order chi connectivity index (χ1) is 14.8. The van der Waals surface area contributed by atoms with E-state index >= 15 is 0 Å². The van der Waals surface area contributed by atoms with Crippen LogP contribution in [-0.4, -0.2) is 41.9 Å². The van der Waals surface area contributed by atoms with E-state index in [1.54, 1.807) is 12.1 Å².